The molecule has 2 atom stereocenters. The van der Waals surface area contributed by atoms with Crippen molar-refractivity contribution in [2.75, 3.05) is 44.3 Å². The number of hydrogen-bond donors (Lipinski definition) is 1. The van der Waals surface area contributed by atoms with E-state index in [2.05, 4.69) is 30.9 Å². The standard InChI is InChI=1S/C18H23N7O.CH2O2/c19-9-17-18(21-5-4-20-17)25-11-15-10-23(12-16(25)14-26-13-15)6-2-8-24-7-1-3-22-24;2-1-3/h1,3-5,7,15-16H,2,6,8,10-14H2;1H,(H,2,3)/t15-,16-;/m0./s1. The van der Waals surface area contributed by atoms with Crippen LogP contribution in [-0.2, 0) is 16.1 Å². The Bertz CT molecular complexity index is 808. The molecule has 0 aromatic carbocycles. The molecule has 0 spiro atoms. The van der Waals surface area contributed by atoms with Crippen LogP contribution in [0.25, 0.3) is 0 Å². The third-order valence-corrected chi connectivity index (χ3v) is 5.02. The highest BCUT2D eigenvalue weighted by Gasteiger charge is 2.35. The fourth-order valence-corrected chi connectivity index (χ4v) is 3.89. The summed E-state index contributed by atoms with van der Waals surface area (Å²) < 4.78 is 7.86. The van der Waals surface area contributed by atoms with Gasteiger partial charge in [-0.05, 0) is 19.0 Å². The summed E-state index contributed by atoms with van der Waals surface area (Å²) >= 11 is 0. The Morgan fingerprint density at radius 2 is 2.03 bits per heavy atom. The van der Waals surface area contributed by atoms with Crippen LogP contribution in [0.15, 0.2) is 30.9 Å². The van der Waals surface area contributed by atoms with Gasteiger partial charge in [0.15, 0.2) is 11.5 Å². The van der Waals surface area contributed by atoms with Crippen molar-refractivity contribution in [1.82, 2.24) is 24.6 Å². The molecule has 2 saturated heterocycles. The number of nitrogens with zero attached hydrogens (tertiary/aromatic N) is 7. The maximum Gasteiger partial charge on any atom is 0.290 e. The Morgan fingerprint density at radius 3 is 2.79 bits per heavy atom. The first-order valence-corrected chi connectivity index (χ1v) is 9.58. The number of carboxylic acid groups (broad SMARTS) is 1. The Hall–Kier alpha value is -3.03. The molecule has 2 aromatic heterocycles. The molecule has 0 saturated carbocycles. The second-order valence-corrected chi connectivity index (χ2v) is 7.04. The van der Waals surface area contributed by atoms with Crippen LogP contribution in [0.1, 0.15) is 12.1 Å². The van der Waals surface area contributed by atoms with Crippen LogP contribution in [0.4, 0.5) is 5.82 Å². The van der Waals surface area contributed by atoms with Crippen molar-refractivity contribution >= 4 is 12.3 Å². The van der Waals surface area contributed by atoms with E-state index >= 15 is 0 Å². The second-order valence-electron chi connectivity index (χ2n) is 7.04. The van der Waals surface area contributed by atoms with Gasteiger partial charge in [0.05, 0.1) is 19.3 Å². The Balaban J connectivity index is 0.000000755. The highest BCUT2D eigenvalue weighted by Crippen LogP contribution is 2.26. The summed E-state index contributed by atoms with van der Waals surface area (Å²) in [5.74, 6) is 1.09. The highest BCUT2D eigenvalue weighted by atomic mass is 16.5. The summed E-state index contributed by atoms with van der Waals surface area (Å²) in [6.45, 7) is 5.91. The minimum atomic E-state index is -0.250. The van der Waals surface area contributed by atoms with Crippen LogP contribution in [0.5, 0.6) is 0 Å². The molecule has 0 unspecified atom stereocenters. The average Bonchev–Trinajstić information content (AvgIpc) is 3.08. The molecule has 4 heterocycles. The Labute approximate surface area is 169 Å². The van der Waals surface area contributed by atoms with Gasteiger partial charge < -0.3 is 19.6 Å². The van der Waals surface area contributed by atoms with Crippen LogP contribution < -0.4 is 4.90 Å². The number of ether oxygens (including phenoxy) is 1. The first-order valence-electron chi connectivity index (χ1n) is 9.58. The molecule has 0 amide bonds. The summed E-state index contributed by atoms with van der Waals surface area (Å²) in [4.78, 5) is 21.7. The number of fused-ring (bicyclic) bond motifs is 3. The maximum atomic E-state index is 9.39. The van der Waals surface area contributed by atoms with Crippen molar-refractivity contribution in [3.8, 4) is 6.07 Å². The molecule has 10 heteroatoms. The second kappa shape index (κ2) is 10.5. The number of nitriles is 1. The van der Waals surface area contributed by atoms with Crippen molar-refractivity contribution in [2.24, 2.45) is 5.92 Å². The highest BCUT2D eigenvalue weighted by molar-refractivity contribution is 5.50. The van der Waals surface area contributed by atoms with E-state index in [0.717, 1.165) is 45.8 Å². The smallest absolute Gasteiger partial charge is 0.290 e. The summed E-state index contributed by atoms with van der Waals surface area (Å²) in [5.41, 5.74) is 0.394. The normalized spacial score (nSPS) is 21.4. The zero-order valence-electron chi connectivity index (χ0n) is 16.2. The molecule has 2 aromatic rings. The van der Waals surface area contributed by atoms with Crippen LogP contribution in [0, 0.1) is 17.2 Å². The SMILES string of the molecule is N#Cc1nccnc1N1C[C@H]2COC[C@@H]1CN(CCCn1cccn1)C2.O=CO. The van der Waals surface area contributed by atoms with Gasteiger partial charge in [-0.2, -0.15) is 10.4 Å². The lowest BCUT2D eigenvalue weighted by molar-refractivity contribution is -0.122. The van der Waals surface area contributed by atoms with Crippen molar-refractivity contribution in [3.05, 3.63) is 36.5 Å². The number of aryl methyl sites for hydroxylation is 1. The van der Waals surface area contributed by atoms with E-state index in [-0.39, 0.29) is 12.5 Å². The molecular weight excluding hydrogens is 374 g/mol. The van der Waals surface area contributed by atoms with Crippen LogP contribution in [-0.4, -0.2) is 81.7 Å². The molecule has 2 bridgehead atoms. The fraction of sp³-hybridized carbons (Fsp3) is 0.526. The van der Waals surface area contributed by atoms with E-state index in [0.29, 0.717) is 24.0 Å². The van der Waals surface area contributed by atoms with E-state index in [9.17, 15) is 5.26 Å². The van der Waals surface area contributed by atoms with E-state index in [1.54, 1.807) is 12.4 Å². The number of aromatic nitrogens is 4. The van der Waals surface area contributed by atoms with E-state index < -0.39 is 0 Å². The fourth-order valence-electron chi connectivity index (χ4n) is 3.89. The molecule has 2 aliphatic rings. The van der Waals surface area contributed by atoms with Gasteiger partial charge in [-0.3, -0.25) is 9.48 Å². The van der Waals surface area contributed by atoms with Crippen molar-refractivity contribution in [3.63, 3.8) is 0 Å². The molecule has 2 aliphatic heterocycles. The van der Waals surface area contributed by atoms with Crippen LogP contribution in [0.2, 0.25) is 0 Å². The van der Waals surface area contributed by atoms with E-state index in [1.165, 1.54) is 0 Å². The quantitative estimate of drug-likeness (QED) is 0.715. The van der Waals surface area contributed by atoms with E-state index in [4.69, 9.17) is 14.6 Å². The molecule has 154 valence electrons. The van der Waals surface area contributed by atoms with Crippen molar-refractivity contribution in [1.29, 1.82) is 5.26 Å². The van der Waals surface area contributed by atoms with Gasteiger partial charge in [0, 0.05) is 56.9 Å². The zero-order valence-corrected chi connectivity index (χ0v) is 16.2. The number of anilines is 1. The third kappa shape index (κ3) is 5.49. The third-order valence-electron chi connectivity index (χ3n) is 5.02. The van der Waals surface area contributed by atoms with Gasteiger partial charge in [0.25, 0.3) is 6.47 Å². The largest absolute Gasteiger partial charge is 0.483 e. The molecular formula is C19H25N7O3. The van der Waals surface area contributed by atoms with Crippen molar-refractivity contribution < 1.29 is 14.6 Å². The van der Waals surface area contributed by atoms with Gasteiger partial charge in [-0.1, -0.05) is 0 Å². The van der Waals surface area contributed by atoms with Crippen molar-refractivity contribution in [2.45, 2.75) is 19.0 Å². The van der Waals surface area contributed by atoms with Gasteiger partial charge in [-0.25, -0.2) is 9.97 Å². The summed E-state index contributed by atoms with van der Waals surface area (Å²) in [6, 6.07) is 4.32. The van der Waals surface area contributed by atoms with Gasteiger partial charge >= 0.3 is 0 Å². The molecule has 4 rings (SSSR count). The molecule has 0 aliphatic carbocycles. The average molecular weight is 399 g/mol. The lowest BCUT2D eigenvalue weighted by Crippen LogP contribution is -2.45. The first kappa shape index (κ1) is 20.7. The number of hydrogen-bond acceptors (Lipinski definition) is 8. The van der Waals surface area contributed by atoms with E-state index in [1.807, 2.05) is 23.1 Å². The predicted molar refractivity (Wildman–Crippen MR) is 104 cm³/mol. The van der Waals surface area contributed by atoms with Gasteiger partial charge in [0.2, 0.25) is 0 Å². The van der Waals surface area contributed by atoms with Gasteiger partial charge in [-0.15, -0.1) is 0 Å². The van der Waals surface area contributed by atoms with Crippen LogP contribution in [0.3, 0.4) is 0 Å². The van der Waals surface area contributed by atoms with Crippen LogP contribution >= 0.6 is 0 Å². The predicted octanol–water partition coefficient (Wildman–Crippen LogP) is 0.473. The molecule has 2 fully saturated rings. The minimum absolute atomic E-state index is 0.191. The summed E-state index contributed by atoms with van der Waals surface area (Å²) in [7, 11) is 0. The summed E-state index contributed by atoms with van der Waals surface area (Å²) in [6.07, 6.45) is 8.12. The monoisotopic (exact) mass is 399 g/mol. The lowest BCUT2D eigenvalue weighted by Gasteiger charge is -2.32. The Morgan fingerprint density at radius 1 is 1.21 bits per heavy atom. The topological polar surface area (TPSA) is 120 Å². The Kier molecular flexibility index (Phi) is 7.49. The summed E-state index contributed by atoms with van der Waals surface area (Å²) in [5, 5.41) is 20.5. The van der Waals surface area contributed by atoms with Gasteiger partial charge in [0.1, 0.15) is 6.07 Å². The minimum Gasteiger partial charge on any atom is -0.483 e. The molecule has 29 heavy (non-hydrogen) atoms. The number of rotatable bonds is 5. The lowest BCUT2D eigenvalue weighted by atomic mass is 10.1. The molecule has 10 nitrogen and oxygen atoms in total. The molecule has 0 radical (unpaired) electrons. The molecule has 1 N–H and O–H groups in total. The maximum absolute atomic E-state index is 9.39. The zero-order chi connectivity index (χ0) is 20.5. The number of carbonyl (C=O) groups is 1. The first-order chi connectivity index (χ1) is 14.2.